The van der Waals surface area contributed by atoms with Crippen molar-refractivity contribution in [3.05, 3.63) is 57.5 Å². The average Bonchev–Trinajstić information content (AvgIpc) is 3.53. The van der Waals surface area contributed by atoms with Gasteiger partial charge < -0.3 is 25.0 Å². The van der Waals surface area contributed by atoms with E-state index < -0.39 is 5.91 Å². The van der Waals surface area contributed by atoms with Gasteiger partial charge in [-0.25, -0.2) is 0 Å². The molecule has 3 aromatic rings. The molecule has 2 N–H and O–H groups in total. The number of ether oxygens (including phenoxy) is 2. The maximum atomic E-state index is 13.0. The predicted molar refractivity (Wildman–Crippen MR) is 129 cm³/mol. The van der Waals surface area contributed by atoms with Crippen molar-refractivity contribution < 1.29 is 23.9 Å². The molecule has 0 radical (unpaired) electrons. The largest absolute Gasteiger partial charge is 0.454 e. The molecule has 3 heterocycles. The molecule has 0 aliphatic carbocycles. The van der Waals surface area contributed by atoms with Gasteiger partial charge in [0.25, 0.3) is 11.8 Å². The molecule has 0 bridgehead atoms. The van der Waals surface area contributed by atoms with Crippen LogP contribution in [0.2, 0.25) is 5.02 Å². The maximum absolute atomic E-state index is 13.0. The average molecular weight is 514 g/mol. The summed E-state index contributed by atoms with van der Waals surface area (Å²) in [6.45, 7) is 0.885. The number of fused-ring (bicyclic) bond motifs is 1. The molecule has 1 saturated heterocycles. The molecule has 180 valence electrons. The van der Waals surface area contributed by atoms with Crippen molar-refractivity contribution >= 4 is 52.0 Å². The number of amides is 3. The smallest absolute Gasteiger partial charge is 0.286 e. The Morgan fingerprint density at radius 2 is 1.80 bits per heavy atom. The molecule has 10 nitrogen and oxygen atoms in total. The summed E-state index contributed by atoms with van der Waals surface area (Å²) in [7, 11) is 0. The predicted octanol–water partition coefficient (Wildman–Crippen LogP) is 3.66. The van der Waals surface area contributed by atoms with Crippen molar-refractivity contribution in [1.29, 1.82) is 0 Å². The molecule has 2 aliphatic heterocycles. The van der Waals surface area contributed by atoms with Gasteiger partial charge in [-0.15, -0.1) is 10.2 Å². The van der Waals surface area contributed by atoms with E-state index in [1.165, 1.54) is 0 Å². The summed E-state index contributed by atoms with van der Waals surface area (Å²) >= 11 is 6.89. The Morgan fingerprint density at radius 3 is 2.66 bits per heavy atom. The monoisotopic (exact) mass is 513 g/mol. The Hall–Kier alpha value is -3.70. The van der Waals surface area contributed by atoms with Crippen LogP contribution < -0.4 is 20.1 Å². The van der Waals surface area contributed by atoms with E-state index in [1.807, 2.05) is 0 Å². The first-order valence-electron chi connectivity index (χ1n) is 10.9. The summed E-state index contributed by atoms with van der Waals surface area (Å²) in [5, 5.41) is 14.0. The Balaban J connectivity index is 1.20. The van der Waals surface area contributed by atoms with Gasteiger partial charge in [0.2, 0.25) is 22.7 Å². The molecule has 2 aromatic carbocycles. The van der Waals surface area contributed by atoms with Crippen LogP contribution in [0.15, 0.2) is 42.5 Å². The second-order valence-corrected chi connectivity index (χ2v) is 9.44. The molecule has 1 fully saturated rings. The highest BCUT2D eigenvalue weighted by Gasteiger charge is 2.31. The number of benzene rings is 2. The van der Waals surface area contributed by atoms with Crippen LogP contribution in [0.1, 0.15) is 32.4 Å². The van der Waals surface area contributed by atoms with Gasteiger partial charge in [-0.3, -0.25) is 14.4 Å². The van der Waals surface area contributed by atoms with Gasteiger partial charge in [-0.05, 0) is 43.2 Å². The Labute approximate surface area is 209 Å². The van der Waals surface area contributed by atoms with E-state index in [9.17, 15) is 14.4 Å². The summed E-state index contributed by atoms with van der Waals surface area (Å²) in [6.07, 6.45) is 1.34. The van der Waals surface area contributed by atoms with Gasteiger partial charge in [0.1, 0.15) is 0 Å². The molecule has 2 aliphatic rings. The number of carbonyl (C=O) groups excluding carboxylic acids is 3. The van der Waals surface area contributed by atoms with E-state index in [4.69, 9.17) is 21.1 Å². The first kappa shape index (κ1) is 23.1. The molecule has 0 spiro atoms. The van der Waals surface area contributed by atoms with Crippen LogP contribution in [0.25, 0.3) is 0 Å². The van der Waals surface area contributed by atoms with Crippen LogP contribution in [0.5, 0.6) is 11.5 Å². The lowest BCUT2D eigenvalue weighted by Gasteiger charge is -2.31. The lowest BCUT2D eigenvalue weighted by atomic mass is 9.97. The van der Waals surface area contributed by atoms with E-state index in [0.29, 0.717) is 47.3 Å². The number of anilines is 2. The number of hydrogen-bond acceptors (Lipinski definition) is 8. The molecular formula is C23H20ClN5O5S. The van der Waals surface area contributed by atoms with E-state index in [2.05, 4.69) is 20.8 Å². The number of halogens is 1. The Morgan fingerprint density at radius 1 is 1.00 bits per heavy atom. The summed E-state index contributed by atoms with van der Waals surface area (Å²) in [6, 6.07) is 11.9. The van der Waals surface area contributed by atoms with Gasteiger partial charge >= 0.3 is 0 Å². The zero-order valence-electron chi connectivity index (χ0n) is 18.3. The molecule has 3 amide bonds. The number of rotatable bonds is 5. The van der Waals surface area contributed by atoms with Gasteiger partial charge in [0, 0.05) is 35.6 Å². The fourth-order valence-electron chi connectivity index (χ4n) is 3.88. The van der Waals surface area contributed by atoms with Crippen LogP contribution >= 0.6 is 22.9 Å². The van der Waals surface area contributed by atoms with Crippen LogP contribution in [0.4, 0.5) is 11.4 Å². The Bertz CT molecular complexity index is 1300. The number of aromatic nitrogens is 2. The minimum Gasteiger partial charge on any atom is -0.454 e. The van der Waals surface area contributed by atoms with E-state index in [0.717, 1.165) is 11.3 Å². The van der Waals surface area contributed by atoms with Crippen LogP contribution in [0.3, 0.4) is 0 Å². The fourth-order valence-corrected chi connectivity index (χ4v) is 4.78. The molecule has 1 unspecified atom stereocenters. The van der Waals surface area contributed by atoms with E-state index in [1.54, 1.807) is 47.4 Å². The summed E-state index contributed by atoms with van der Waals surface area (Å²) in [5.74, 6) is -0.246. The van der Waals surface area contributed by atoms with Gasteiger partial charge in [-0.2, -0.15) is 0 Å². The highest BCUT2D eigenvalue weighted by atomic mass is 35.5. The highest BCUT2D eigenvalue weighted by molar-refractivity contribution is 7.15. The van der Waals surface area contributed by atoms with Crippen LogP contribution in [0, 0.1) is 5.92 Å². The van der Waals surface area contributed by atoms with Gasteiger partial charge in [-0.1, -0.05) is 29.0 Å². The van der Waals surface area contributed by atoms with E-state index >= 15 is 0 Å². The molecule has 1 atom stereocenters. The minimum atomic E-state index is -0.488. The minimum absolute atomic E-state index is 0.0540. The number of likely N-dealkylation sites (tertiary alicyclic amines) is 1. The quantitative estimate of drug-likeness (QED) is 0.533. The van der Waals surface area contributed by atoms with Crippen molar-refractivity contribution in [2.75, 3.05) is 30.5 Å². The second kappa shape index (κ2) is 9.88. The molecule has 12 heteroatoms. The second-order valence-electron chi connectivity index (χ2n) is 8.02. The first-order chi connectivity index (χ1) is 17.0. The molecular weight excluding hydrogens is 494 g/mol. The molecule has 1 aromatic heterocycles. The first-order valence-corrected chi connectivity index (χ1v) is 12.1. The highest BCUT2D eigenvalue weighted by Crippen LogP contribution is 2.34. The molecule has 0 saturated carbocycles. The lowest BCUT2D eigenvalue weighted by Crippen LogP contribution is -2.43. The lowest BCUT2D eigenvalue weighted by molar-refractivity contribution is -0.121. The summed E-state index contributed by atoms with van der Waals surface area (Å²) in [5.41, 5.74) is 1.11. The number of carbonyl (C=O) groups is 3. The van der Waals surface area contributed by atoms with Gasteiger partial charge in [0.15, 0.2) is 11.5 Å². The van der Waals surface area contributed by atoms with Crippen molar-refractivity contribution in [1.82, 2.24) is 15.1 Å². The van der Waals surface area contributed by atoms with E-state index in [-0.39, 0.29) is 41.1 Å². The van der Waals surface area contributed by atoms with Crippen LogP contribution in [-0.2, 0) is 4.79 Å². The standard InChI is InChI=1S/C23H20ClN5O5S/c24-14-4-1-5-15(9-14)25-19(30)13-3-2-8-29(11-13)23(32)22-28-27-21(35-22)20(31)26-16-6-7-17-18(10-16)34-12-33-17/h1,4-7,9-10,13H,2-3,8,11-12H2,(H,25,30)(H,26,31). The number of nitrogens with zero attached hydrogens (tertiary/aromatic N) is 3. The topological polar surface area (TPSA) is 123 Å². The Kier molecular flexibility index (Phi) is 6.51. The fraction of sp³-hybridized carbons (Fsp3) is 0.261. The third kappa shape index (κ3) is 5.20. The van der Waals surface area contributed by atoms with Gasteiger partial charge in [0.05, 0.1) is 5.92 Å². The zero-order valence-corrected chi connectivity index (χ0v) is 19.9. The normalized spacial score (nSPS) is 16.6. The number of nitrogens with one attached hydrogen (secondary N) is 2. The third-order valence-electron chi connectivity index (χ3n) is 5.60. The van der Waals surface area contributed by atoms with Crippen molar-refractivity contribution in [2.24, 2.45) is 5.92 Å². The summed E-state index contributed by atoms with van der Waals surface area (Å²) < 4.78 is 10.6. The molecule has 35 heavy (non-hydrogen) atoms. The third-order valence-corrected chi connectivity index (χ3v) is 6.75. The maximum Gasteiger partial charge on any atom is 0.286 e. The SMILES string of the molecule is O=C(Nc1ccc2c(c1)OCO2)c1nnc(C(=O)N2CCCC(C(=O)Nc3cccc(Cl)c3)C2)s1. The van der Waals surface area contributed by atoms with Crippen molar-refractivity contribution in [2.45, 2.75) is 12.8 Å². The summed E-state index contributed by atoms with van der Waals surface area (Å²) in [4.78, 5) is 39.9. The van der Waals surface area contributed by atoms with Crippen molar-refractivity contribution in [3.63, 3.8) is 0 Å². The van der Waals surface area contributed by atoms with Crippen molar-refractivity contribution in [3.8, 4) is 11.5 Å². The zero-order chi connectivity index (χ0) is 24.4. The number of piperidine rings is 1. The number of hydrogen-bond donors (Lipinski definition) is 2. The molecule has 5 rings (SSSR count). The van der Waals surface area contributed by atoms with Crippen LogP contribution in [-0.4, -0.2) is 52.7 Å².